The highest BCUT2D eigenvalue weighted by molar-refractivity contribution is 5.80. The van der Waals surface area contributed by atoms with E-state index in [1.54, 1.807) is 6.20 Å². The largest absolute Gasteiger partial charge is 0.493 e. The number of allylic oxidation sites excluding steroid dienone is 2. The Morgan fingerprint density at radius 3 is 3.00 bits per heavy atom. The standard InChI is InChI=1S/C17H15N3O/c18-11-14-9-13(12-3-1-4-12)10-16-17(14)15-5-6-19-20(15)7-2-8-21-16/h3,5-6,9-10H,1-2,4,7-8H2. The van der Waals surface area contributed by atoms with Crippen molar-refractivity contribution in [2.75, 3.05) is 6.61 Å². The summed E-state index contributed by atoms with van der Waals surface area (Å²) in [5.74, 6) is 0.804. The summed E-state index contributed by atoms with van der Waals surface area (Å²) < 4.78 is 7.90. The zero-order valence-corrected chi connectivity index (χ0v) is 11.7. The third-order valence-corrected chi connectivity index (χ3v) is 4.14. The first-order chi connectivity index (χ1) is 10.4. The van der Waals surface area contributed by atoms with Gasteiger partial charge in [0.25, 0.3) is 0 Å². The quantitative estimate of drug-likeness (QED) is 0.803. The highest BCUT2D eigenvalue weighted by atomic mass is 16.5. The van der Waals surface area contributed by atoms with Gasteiger partial charge < -0.3 is 4.74 Å². The molecule has 0 unspecified atom stereocenters. The molecule has 2 aliphatic rings. The number of nitrogens with zero attached hydrogens (tertiary/aromatic N) is 3. The minimum Gasteiger partial charge on any atom is -0.493 e. The van der Waals surface area contributed by atoms with Crippen LogP contribution in [0.15, 0.2) is 30.5 Å². The monoisotopic (exact) mass is 277 g/mol. The topological polar surface area (TPSA) is 50.8 Å². The van der Waals surface area contributed by atoms with E-state index >= 15 is 0 Å². The summed E-state index contributed by atoms with van der Waals surface area (Å²) >= 11 is 0. The number of ether oxygens (including phenoxy) is 1. The Morgan fingerprint density at radius 2 is 2.24 bits per heavy atom. The van der Waals surface area contributed by atoms with E-state index in [0.717, 1.165) is 48.4 Å². The number of aromatic nitrogens is 2. The van der Waals surface area contributed by atoms with Gasteiger partial charge in [0.15, 0.2) is 0 Å². The van der Waals surface area contributed by atoms with Crippen LogP contribution in [0.5, 0.6) is 5.75 Å². The fraction of sp³-hybridized carbons (Fsp3) is 0.294. The van der Waals surface area contributed by atoms with E-state index in [4.69, 9.17) is 4.74 Å². The van der Waals surface area contributed by atoms with Crippen molar-refractivity contribution in [3.63, 3.8) is 0 Å². The second-order valence-corrected chi connectivity index (χ2v) is 5.42. The molecule has 0 amide bonds. The smallest absolute Gasteiger partial charge is 0.130 e. The van der Waals surface area contributed by atoms with Gasteiger partial charge in [-0.3, -0.25) is 4.68 Å². The van der Waals surface area contributed by atoms with E-state index in [1.165, 1.54) is 5.57 Å². The van der Waals surface area contributed by atoms with Crippen LogP contribution in [0, 0.1) is 11.3 Å². The van der Waals surface area contributed by atoms with Crippen molar-refractivity contribution in [2.24, 2.45) is 0 Å². The van der Waals surface area contributed by atoms with Crippen LogP contribution in [0.3, 0.4) is 0 Å². The fourth-order valence-corrected chi connectivity index (χ4v) is 2.94. The van der Waals surface area contributed by atoms with E-state index in [9.17, 15) is 5.26 Å². The SMILES string of the molecule is N#Cc1cc(C2=CCC2)cc2c1-c1ccnn1CCCO2. The molecule has 1 aromatic carbocycles. The Labute approximate surface area is 123 Å². The highest BCUT2D eigenvalue weighted by Crippen LogP contribution is 2.39. The molecular weight excluding hydrogens is 262 g/mol. The third kappa shape index (κ3) is 1.93. The van der Waals surface area contributed by atoms with Crippen LogP contribution in [0.25, 0.3) is 16.8 Å². The van der Waals surface area contributed by atoms with Gasteiger partial charge in [-0.15, -0.1) is 0 Å². The Morgan fingerprint density at radius 1 is 1.33 bits per heavy atom. The molecule has 1 aliphatic heterocycles. The molecule has 0 fully saturated rings. The molecular formula is C17H15N3O. The van der Waals surface area contributed by atoms with Crippen molar-refractivity contribution in [1.82, 2.24) is 9.78 Å². The maximum Gasteiger partial charge on any atom is 0.130 e. The predicted molar refractivity (Wildman–Crippen MR) is 79.7 cm³/mol. The fourth-order valence-electron chi connectivity index (χ4n) is 2.94. The summed E-state index contributed by atoms with van der Waals surface area (Å²) in [6, 6.07) is 8.34. The summed E-state index contributed by atoms with van der Waals surface area (Å²) in [6.45, 7) is 1.47. The van der Waals surface area contributed by atoms with Crippen molar-refractivity contribution in [3.05, 3.63) is 41.6 Å². The van der Waals surface area contributed by atoms with Crippen molar-refractivity contribution in [2.45, 2.75) is 25.8 Å². The molecule has 0 atom stereocenters. The van der Waals surface area contributed by atoms with Gasteiger partial charge in [0, 0.05) is 19.2 Å². The maximum absolute atomic E-state index is 9.56. The van der Waals surface area contributed by atoms with Gasteiger partial charge in [-0.05, 0) is 42.2 Å². The van der Waals surface area contributed by atoms with E-state index < -0.39 is 0 Å². The van der Waals surface area contributed by atoms with Gasteiger partial charge in [0.05, 0.1) is 29.5 Å². The number of benzene rings is 1. The average Bonchev–Trinajstić information content (AvgIpc) is 2.86. The molecule has 0 saturated heterocycles. The first-order valence-corrected chi connectivity index (χ1v) is 7.29. The Bertz CT molecular complexity index is 780. The van der Waals surface area contributed by atoms with Crippen LogP contribution < -0.4 is 4.74 Å². The zero-order chi connectivity index (χ0) is 14.2. The molecule has 0 N–H and O–H groups in total. The lowest BCUT2D eigenvalue weighted by Crippen LogP contribution is -2.12. The van der Waals surface area contributed by atoms with Gasteiger partial charge >= 0.3 is 0 Å². The number of hydrogen-bond acceptors (Lipinski definition) is 3. The lowest BCUT2D eigenvalue weighted by Gasteiger charge is -2.21. The van der Waals surface area contributed by atoms with E-state index in [-0.39, 0.29) is 0 Å². The number of aryl methyl sites for hydroxylation is 1. The van der Waals surface area contributed by atoms with E-state index in [1.807, 2.05) is 16.8 Å². The van der Waals surface area contributed by atoms with Gasteiger partial charge in [-0.25, -0.2) is 0 Å². The first kappa shape index (κ1) is 12.2. The van der Waals surface area contributed by atoms with Gasteiger partial charge in [0.2, 0.25) is 0 Å². The summed E-state index contributed by atoms with van der Waals surface area (Å²) in [5, 5.41) is 13.9. The molecule has 104 valence electrons. The molecule has 4 heteroatoms. The minimum absolute atomic E-state index is 0.652. The number of hydrogen-bond donors (Lipinski definition) is 0. The number of fused-ring (bicyclic) bond motifs is 3. The molecule has 2 heterocycles. The Hall–Kier alpha value is -2.54. The first-order valence-electron chi connectivity index (χ1n) is 7.29. The van der Waals surface area contributed by atoms with Crippen LogP contribution in [-0.2, 0) is 6.54 Å². The number of nitriles is 1. The molecule has 21 heavy (non-hydrogen) atoms. The summed E-state index contributed by atoms with van der Waals surface area (Å²) in [4.78, 5) is 0. The normalized spacial score (nSPS) is 16.2. The molecule has 0 bridgehead atoms. The third-order valence-electron chi connectivity index (χ3n) is 4.14. The molecule has 0 spiro atoms. The lowest BCUT2D eigenvalue weighted by molar-refractivity contribution is 0.295. The Balaban J connectivity index is 1.96. The van der Waals surface area contributed by atoms with Crippen molar-refractivity contribution in [3.8, 4) is 23.1 Å². The van der Waals surface area contributed by atoms with Crippen LogP contribution in [0.1, 0.15) is 30.4 Å². The molecule has 4 rings (SSSR count). The summed E-state index contributed by atoms with van der Waals surface area (Å²) in [6.07, 6.45) is 7.14. The lowest BCUT2D eigenvalue weighted by atomic mass is 9.89. The molecule has 0 radical (unpaired) electrons. The second-order valence-electron chi connectivity index (χ2n) is 5.42. The van der Waals surface area contributed by atoms with E-state index in [0.29, 0.717) is 12.2 Å². The molecule has 2 aromatic rings. The van der Waals surface area contributed by atoms with Crippen molar-refractivity contribution < 1.29 is 4.74 Å². The molecule has 1 aliphatic carbocycles. The molecule has 0 saturated carbocycles. The zero-order valence-electron chi connectivity index (χ0n) is 11.7. The highest BCUT2D eigenvalue weighted by Gasteiger charge is 2.21. The molecule has 1 aromatic heterocycles. The van der Waals surface area contributed by atoms with E-state index in [2.05, 4.69) is 23.3 Å². The molecule has 4 nitrogen and oxygen atoms in total. The van der Waals surface area contributed by atoms with Gasteiger partial charge in [0.1, 0.15) is 5.75 Å². The van der Waals surface area contributed by atoms with Gasteiger partial charge in [-0.1, -0.05) is 6.08 Å². The van der Waals surface area contributed by atoms with Crippen molar-refractivity contribution in [1.29, 1.82) is 5.26 Å². The maximum atomic E-state index is 9.56. The number of rotatable bonds is 1. The van der Waals surface area contributed by atoms with Crippen LogP contribution in [-0.4, -0.2) is 16.4 Å². The minimum atomic E-state index is 0.652. The van der Waals surface area contributed by atoms with Crippen LogP contribution in [0.4, 0.5) is 0 Å². The second kappa shape index (κ2) is 4.78. The van der Waals surface area contributed by atoms with Crippen molar-refractivity contribution >= 4 is 5.57 Å². The summed E-state index contributed by atoms with van der Waals surface area (Å²) in [5.41, 5.74) is 4.93. The van der Waals surface area contributed by atoms with Gasteiger partial charge in [-0.2, -0.15) is 10.4 Å². The average molecular weight is 277 g/mol. The Kier molecular flexibility index (Phi) is 2.78. The van der Waals surface area contributed by atoms with Crippen LogP contribution >= 0.6 is 0 Å². The predicted octanol–water partition coefficient (Wildman–Crippen LogP) is 3.38. The van der Waals surface area contributed by atoms with Crippen LogP contribution in [0.2, 0.25) is 0 Å². The summed E-state index contributed by atoms with van der Waals surface area (Å²) in [7, 11) is 0.